The Morgan fingerprint density at radius 3 is 2.41 bits per heavy atom. The van der Waals surface area contributed by atoms with E-state index in [0.717, 1.165) is 51.9 Å². The number of terminal acetylenes is 1. The van der Waals surface area contributed by atoms with Crippen molar-refractivity contribution >= 4 is 12.0 Å². The summed E-state index contributed by atoms with van der Waals surface area (Å²) in [5.74, 6) is 3.72. The van der Waals surface area contributed by atoms with E-state index in [1.807, 2.05) is 25.7 Å². The number of likely N-dealkylation sites (tertiary alicyclic amines) is 2. The number of ether oxygens (including phenoxy) is 1. The number of carbonyl (C=O) groups is 2. The van der Waals surface area contributed by atoms with E-state index < -0.39 is 11.3 Å². The first-order valence-electron chi connectivity index (χ1n) is 10.8. The Kier molecular flexibility index (Phi) is 6.50. The molecule has 0 aromatic heterocycles. The van der Waals surface area contributed by atoms with Gasteiger partial charge >= 0.3 is 6.09 Å². The van der Waals surface area contributed by atoms with Gasteiger partial charge in [-0.2, -0.15) is 10.2 Å². The van der Waals surface area contributed by atoms with Crippen molar-refractivity contribution < 1.29 is 14.3 Å². The average molecular weight is 403 g/mol. The molecule has 0 aromatic rings. The number of rotatable bonds is 6. The Morgan fingerprint density at radius 2 is 1.79 bits per heavy atom. The minimum absolute atomic E-state index is 0.192. The van der Waals surface area contributed by atoms with E-state index in [0.29, 0.717) is 31.1 Å². The third-order valence-corrected chi connectivity index (χ3v) is 6.08. The molecule has 0 bridgehead atoms. The first-order valence-corrected chi connectivity index (χ1v) is 10.8. The summed E-state index contributed by atoms with van der Waals surface area (Å²) in [6.45, 7) is 8.73. The molecule has 0 aromatic carbocycles. The van der Waals surface area contributed by atoms with Gasteiger partial charge in [0, 0.05) is 51.9 Å². The van der Waals surface area contributed by atoms with Crippen LogP contribution in [0.2, 0.25) is 0 Å². The second-order valence-corrected chi connectivity index (χ2v) is 9.63. The molecule has 3 heterocycles. The molecule has 2 saturated heterocycles. The lowest BCUT2D eigenvalue weighted by atomic mass is 9.83. The van der Waals surface area contributed by atoms with E-state index in [4.69, 9.17) is 11.2 Å². The van der Waals surface area contributed by atoms with Gasteiger partial charge in [-0.1, -0.05) is 6.42 Å². The fraction of sp³-hybridized carbons (Fsp3) is 0.818. The van der Waals surface area contributed by atoms with Gasteiger partial charge in [0.05, 0.1) is 0 Å². The molecule has 7 heteroatoms. The van der Waals surface area contributed by atoms with Crippen molar-refractivity contribution in [3.05, 3.63) is 0 Å². The van der Waals surface area contributed by atoms with Gasteiger partial charge in [0.25, 0.3) is 0 Å². The van der Waals surface area contributed by atoms with Crippen LogP contribution in [0.3, 0.4) is 0 Å². The van der Waals surface area contributed by atoms with Gasteiger partial charge < -0.3 is 14.5 Å². The molecule has 1 atom stereocenters. The largest absolute Gasteiger partial charge is 0.444 e. The van der Waals surface area contributed by atoms with Crippen LogP contribution in [0, 0.1) is 24.2 Å². The maximum atomic E-state index is 12.8. The highest BCUT2D eigenvalue weighted by Crippen LogP contribution is 2.38. The SMILES string of the molecule is C#CCCC1(CCC(=O)N2CCCCC(C3CN(C(=O)OC(C)(C)C)C3)C2)N=N1. The zero-order chi connectivity index (χ0) is 21.1. The Morgan fingerprint density at radius 1 is 1.10 bits per heavy atom. The third-order valence-electron chi connectivity index (χ3n) is 6.08. The van der Waals surface area contributed by atoms with Crippen molar-refractivity contribution in [2.45, 2.75) is 77.0 Å². The Labute approximate surface area is 174 Å². The Balaban J connectivity index is 1.45. The minimum atomic E-state index is -0.467. The average Bonchev–Trinajstić information content (AvgIpc) is 3.39. The summed E-state index contributed by atoms with van der Waals surface area (Å²) in [6.07, 6.45) is 10.9. The quantitative estimate of drug-likeness (QED) is 0.634. The van der Waals surface area contributed by atoms with Crippen LogP contribution >= 0.6 is 0 Å². The molecule has 0 radical (unpaired) electrons. The number of amides is 2. The normalized spacial score (nSPS) is 23.7. The lowest BCUT2D eigenvalue weighted by molar-refractivity contribution is -0.132. The molecule has 7 nitrogen and oxygen atoms in total. The first-order chi connectivity index (χ1) is 13.7. The van der Waals surface area contributed by atoms with Crippen LogP contribution in [-0.4, -0.2) is 59.2 Å². The highest BCUT2D eigenvalue weighted by Gasteiger charge is 2.41. The van der Waals surface area contributed by atoms with Crippen molar-refractivity contribution in [1.29, 1.82) is 0 Å². The summed E-state index contributed by atoms with van der Waals surface area (Å²) in [5, 5.41) is 8.26. The maximum absolute atomic E-state index is 12.8. The highest BCUT2D eigenvalue weighted by atomic mass is 16.6. The summed E-state index contributed by atoms with van der Waals surface area (Å²) in [4.78, 5) is 28.8. The minimum Gasteiger partial charge on any atom is -0.444 e. The summed E-state index contributed by atoms with van der Waals surface area (Å²) in [5.41, 5.74) is -0.861. The van der Waals surface area contributed by atoms with Crippen molar-refractivity contribution in [2.24, 2.45) is 22.1 Å². The van der Waals surface area contributed by atoms with Crippen molar-refractivity contribution in [3.8, 4) is 12.3 Å². The molecule has 29 heavy (non-hydrogen) atoms. The molecular formula is C22H34N4O3. The summed E-state index contributed by atoms with van der Waals surface area (Å²) < 4.78 is 5.45. The van der Waals surface area contributed by atoms with E-state index in [9.17, 15) is 9.59 Å². The number of nitrogens with zero attached hydrogens (tertiary/aromatic N) is 4. The Bertz CT molecular complexity index is 679. The van der Waals surface area contributed by atoms with Crippen molar-refractivity contribution in [1.82, 2.24) is 9.80 Å². The molecular weight excluding hydrogens is 368 g/mol. The number of carbonyl (C=O) groups excluding carboxylic acids is 2. The molecule has 0 spiro atoms. The topological polar surface area (TPSA) is 74.6 Å². The molecule has 3 rings (SSSR count). The summed E-state index contributed by atoms with van der Waals surface area (Å²) in [6, 6.07) is 0. The van der Waals surface area contributed by atoms with Crippen LogP contribution < -0.4 is 0 Å². The molecule has 2 amide bonds. The monoisotopic (exact) mass is 402 g/mol. The second kappa shape index (κ2) is 8.73. The molecule has 0 N–H and O–H groups in total. The standard InChI is InChI=1S/C22H34N4O3/c1-5-6-11-22(23-24-22)12-10-19(27)25-13-8-7-9-17(14-25)18-15-26(16-18)20(28)29-21(2,3)4/h1,17-18H,6-16H2,2-4H3. The van der Waals surface area contributed by atoms with Gasteiger partial charge in [-0.05, 0) is 45.4 Å². The van der Waals surface area contributed by atoms with Crippen molar-refractivity contribution in [2.75, 3.05) is 26.2 Å². The van der Waals surface area contributed by atoms with Gasteiger partial charge in [0.15, 0.2) is 5.66 Å². The smallest absolute Gasteiger partial charge is 0.410 e. The molecule has 3 aliphatic heterocycles. The van der Waals surface area contributed by atoms with Gasteiger partial charge in [0.2, 0.25) is 5.91 Å². The summed E-state index contributed by atoms with van der Waals surface area (Å²) >= 11 is 0. The van der Waals surface area contributed by atoms with Crippen LogP contribution in [0.5, 0.6) is 0 Å². The molecule has 2 fully saturated rings. The van der Waals surface area contributed by atoms with Crippen LogP contribution in [0.4, 0.5) is 4.79 Å². The first kappa shape index (κ1) is 21.6. The fourth-order valence-electron chi connectivity index (χ4n) is 4.21. The zero-order valence-corrected chi connectivity index (χ0v) is 18.0. The highest BCUT2D eigenvalue weighted by molar-refractivity contribution is 5.76. The van der Waals surface area contributed by atoms with E-state index in [-0.39, 0.29) is 12.0 Å². The van der Waals surface area contributed by atoms with Crippen LogP contribution in [0.25, 0.3) is 0 Å². The molecule has 3 aliphatic rings. The number of hydrogen-bond donors (Lipinski definition) is 0. The second-order valence-electron chi connectivity index (χ2n) is 9.63. The van der Waals surface area contributed by atoms with Crippen LogP contribution in [-0.2, 0) is 9.53 Å². The number of hydrogen-bond acceptors (Lipinski definition) is 5. The van der Waals surface area contributed by atoms with Crippen molar-refractivity contribution in [3.63, 3.8) is 0 Å². The zero-order valence-electron chi connectivity index (χ0n) is 18.0. The predicted molar refractivity (Wildman–Crippen MR) is 110 cm³/mol. The molecule has 160 valence electrons. The molecule has 0 aliphatic carbocycles. The van der Waals surface area contributed by atoms with Gasteiger partial charge in [-0.15, -0.1) is 12.3 Å². The predicted octanol–water partition coefficient (Wildman–Crippen LogP) is 3.84. The maximum Gasteiger partial charge on any atom is 0.410 e. The molecule has 1 unspecified atom stereocenters. The lowest BCUT2D eigenvalue weighted by Crippen LogP contribution is -2.55. The fourth-order valence-corrected chi connectivity index (χ4v) is 4.21. The van der Waals surface area contributed by atoms with Crippen LogP contribution in [0.15, 0.2) is 10.2 Å². The van der Waals surface area contributed by atoms with Gasteiger partial charge in [-0.25, -0.2) is 4.79 Å². The lowest BCUT2D eigenvalue weighted by Gasteiger charge is -2.44. The van der Waals surface area contributed by atoms with E-state index in [2.05, 4.69) is 16.1 Å². The third kappa shape index (κ3) is 5.94. The van der Waals surface area contributed by atoms with E-state index in [1.165, 1.54) is 0 Å². The van der Waals surface area contributed by atoms with E-state index >= 15 is 0 Å². The molecule has 0 saturated carbocycles. The van der Waals surface area contributed by atoms with E-state index in [1.54, 1.807) is 4.90 Å². The van der Waals surface area contributed by atoms with Gasteiger partial charge in [-0.3, -0.25) is 4.79 Å². The Hall–Kier alpha value is -2.10. The van der Waals surface area contributed by atoms with Gasteiger partial charge in [0.1, 0.15) is 5.60 Å². The van der Waals surface area contributed by atoms with Crippen LogP contribution in [0.1, 0.15) is 65.7 Å². The summed E-state index contributed by atoms with van der Waals surface area (Å²) in [7, 11) is 0.